The molecule has 1 aromatic heterocycles. The number of hydrogen-bond acceptors (Lipinski definition) is 8. The van der Waals surface area contributed by atoms with Crippen molar-refractivity contribution in [1.29, 1.82) is 0 Å². The Bertz CT molecular complexity index is 1320. The highest BCUT2D eigenvalue weighted by Gasteiger charge is 2.34. The molecule has 2 aromatic rings. The molecule has 2 heterocycles. The van der Waals surface area contributed by atoms with Crippen molar-refractivity contribution >= 4 is 22.9 Å². The van der Waals surface area contributed by atoms with Crippen molar-refractivity contribution in [3.8, 4) is 0 Å². The summed E-state index contributed by atoms with van der Waals surface area (Å²) in [6.07, 6.45) is 9.01. The van der Waals surface area contributed by atoms with Gasteiger partial charge in [0.25, 0.3) is 0 Å². The lowest BCUT2D eigenvalue weighted by Gasteiger charge is -2.34. The van der Waals surface area contributed by atoms with Crippen LogP contribution in [0.15, 0.2) is 79.4 Å². The Hall–Kier alpha value is -4.16. The lowest BCUT2D eigenvalue weighted by molar-refractivity contribution is -0.137. The Balaban J connectivity index is 1.43. The molecule has 1 unspecified atom stereocenters. The second-order valence-corrected chi connectivity index (χ2v) is 10.5. The average Bonchev–Trinajstić information content (AvgIpc) is 2.99. The lowest BCUT2D eigenvalue weighted by Crippen LogP contribution is -2.49. The summed E-state index contributed by atoms with van der Waals surface area (Å²) >= 11 is 0. The Labute approximate surface area is 250 Å². The third kappa shape index (κ3) is 9.69. The van der Waals surface area contributed by atoms with Crippen LogP contribution in [0.2, 0.25) is 0 Å². The summed E-state index contributed by atoms with van der Waals surface area (Å²) in [6, 6.07) is 5.30. The van der Waals surface area contributed by atoms with Crippen LogP contribution in [0.25, 0.3) is 5.57 Å². The van der Waals surface area contributed by atoms with E-state index in [1.54, 1.807) is 30.3 Å². The van der Waals surface area contributed by atoms with Gasteiger partial charge in [-0.05, 0) is 62.5 Å². The number of nitrogens with zero attached hydrogens (tertiary/aromatic N) is 4. The number of aromatic nitrogens is 2. The quantitative estimate of drug-likeness (QED) is 0.153. The van der Waals surface area contributed by atoms with Crippen LogP contribution in [0, 0.1) is 5.41 Å². The molecule has 1 aromatic carbocycles. The highest BCUT2D eigenvalue weighted by atomic mass is 19.4. The molecule has 0 aliphatic carbocycles. The van der Waals surface area contributed by atoms with E-state index < -0.39 is 17.2 Å². The van der Waals surface area contributed by atoms with E-state index in [4.69, 9.17) is 5.73 Å². The molecule has 0 saturated carbocycles. The van der Waals surface area contributed by atoms with E-state index in [2.05, 4.69) is 32.1 Å². The highest BCUT2D eigenvalue weighted by molar-refractivity contribution is 5.78. The van der Waals surface area contributed by atoms with Gasteiger partial charge in [0.1, 0.15) is 0 Å². The molecule has 232 valence electrons. The summed E-state index contributed by atoms with van der Waals surface area (Å²) in [4.78, 5) is 25.3. The Morgan fingerprint density at radius 3 is 2.51 bits per heavy atom. The van der Waals surface area contributed by atoms with Crippen LogP contribution in [-0.2, 0) is 11.0 Å². The van der Waals surface area contributed by atoms with E-state index in [0.29, 0.717) is 50.7 Å². The number of aliphatic hydroxyl groups excluding tert-OH is 1. The molecule has 12 heteroatoms. The number of benzene rings is 1. The maximum Gasteiger partial charge on any atom is 0.418 e. The summed E-state index contributed by atoms with van der Waals surface area (Å²) in [5, 5.41) is 16.0. The van der Waals surface area contributed by atoms with Gasteiger partial charge in [-0.2, -0.15) is 13.2 Å². The van der Waals surface area contributed by atoms with E-state index in [-0.39, 0.29) is 30.4 Å². The summed E-state index contributed by atoms with van der Waals surface area (Å²) in [6.45, 7) is 10.5. The van der Waals surface area contributed by atoms with Crippen molar-refractivity contribution in [3.05, 3.63) is 90.8 Å². The summed E-state index contributed by atoms with van der Waals surface area (Å²) < 4.78 is 39.7. The number of aliphatic hydroxyl groups is 1. The van der Waals surface area contributed by atoms with Crippen LogP contribution in [0.4, 0.5) is 24.5 Å². The smallest absolute Gasteiger partial charge is 0.398 e. The number of rotatable bonds is 13. The van der Waals surface area contributed by atoms with Gasteiger partial charge in [-0.25, -0.2) is 9.97 Å². The number of nitrogen functional groups attached to an aromatic ring is 1. The summed E-state index contributed by atoms with van der Waals surface area (Å²) in [5.41, 5.74) is 4.74. The Morgan fingerprint density at radius 1 is 1.19 bits per heavy atom. The largest absolute Gasteiger partial charge is 0.418 e. The molecule has 1 saturated heterocycles. The van der Waals surface area contributed by atoms with E-state index in [0.717, 1.165) is 11.6 Å². The number of hydrogen-bond donors (Lipinski definition) is 4. The summed E-state index contributed by atoms with van der Waals surface area (Å²) in [7, 11) is 0. The molecule has 9 nitrogen and oxygen atoms in total. The number of alkyl halides is 3. The zero-order valence-corrected chi connectivity index (χ0v) is 24.6. The number of halogens is 3. The molecule has 1 aliphatic rings. The van der Waals surface area contributed by atoms with Crippen molar-refractivity contribution in [3.63, 3.8) is 0 Å². The minimum Gasteiger partial charge on any atom is -0.398 e. The van der Waals surface area contributed by atoms with Crippen molar-refractivity contribution < 1.29 is 23.1 Å². The number of nitrogens with one attached hydrogen (secondary N) is 2. The zero-order chi connectivity index (χ0) is 31.5. The van der Waals surface area contributed by atoms with Crippen molar-refractivity contribution in [1.82, 2.24) is 25.1 Å². The first-order valence-electron chi connectivity index (χ1n) is 14.0. The standard InChI is InChI=1S/C31H40F3N7O2/c1-4-7-24(29-37-12-6-13-38-29)8-5-15-40-16-18-41(19-17-40)28(43)21-36-14-11-30(3,22-42)23(2)39-25-9-10-27(35)26(20-25)31(32,33)34/h4-10,12-13,15,20,36,39,42H,2,11,14,16-19,21-22,35H2,1,3H3/b7-4-,15-5+,24-8+. The van der Waals surface area contributed by atoms with Crippen LogP contribution < -0.4 is 16.4 Å². The van der Waals surface area contributed by atoms with Crippen molar-refractivity contribution in [2.24, 2.45) is 5.41 Å². The van der Waals surface area contributed by atoms with Gasteiger partial charge in [-0.15, -0.1) is 0 Å². The van der Waals surface area contributed by atoms with Crippen LogP contribution >= 0.6 is 0 Å². The Kier molecular flexibility index (Phi) is 11.9. The maximum absolute atomic E-state index is 13.2. The minimum absolute atomic E-state index is 0.0238. The van der Waals surface area contributed by atoms with Gasteiger partial charge in [0.05, 0.1) is 18.7 Å². The number of carbonyl (C=O) groups is 1. The monoisotopic (exact) mass is 599 g/mol. The molecule has 5 N–H and O–H groups in total. The number of amides is 1. The van der Waals surface area contributed by atoms with Crippen LogP contribution in [-0.4, -0.2) is 76.7 Å². The Morgan fingerprint density at radius 2 is 1.88 bits per heavy atom. The molecule has 1 atom stereocenters. The fourth-order valence-electron chi connectivity index (χ4n) is 4.42. The second-order valence-electron chi connectivity index (χ2n) is 10.5. The predicted molar refractivity (Wildman–Crippen MR) is 163 cm³/mol. The van der Waals surface area contributed by atoms with Crippen LogP contribution in [0.3, 0.4) is 0 Å². The predicted octanol–water partition coefficient (Wildman–Crippen LogP) is 4.30. The second kappa shape index (κ2) is 15.4. The molecule has 0 radical (unpaired) electrons. The van der Waals surface area contributed by atoms with Gasteiger partial charge >= 0.3 is 6.18 Å². The van der Waals surface area contributed by atoms with Crippen molar-refractivity contribution in [2.75, 3.05) is 56.9 Å². The molecule has 0 bridgehead atoms. The van der Waals surface area contributed by atoms with Crippen molar-refractivity contribution in [2.45, 2.75) is 26.4 Å². The van der Waals surface area contributed by atoms with Crippen LogP contribution in [0.5, 0.6) is 0 Å². The topological polar surface area (TPSA) is 120 Å². The maximum atomic E-state index is 13.2. The van der Waals surface area contributed by atoms with E-state index in [9.17, 15) is 23.1 Å². The third-order valence-corrected chi connectivity index (χ3v) is 7.27. The molecule has 0 spiro atoms. The molecule has 1 fully saturated rings. The highest BCUT2D eigenvalue weighted by Crippen LogP contribution is 2.36. The van der Waals surface area contributed by atoms with Gasteiger partial charge in [0, 0.05) is 66.6 Å². The number of piperazine rings is 1. The van der Waals surface area contributed by atoms with Crippen LogP contribution in [0.1, 0.15) is 31.7 Å². The first-order valence-corrected chi connectivity index (χ1v) is 14.0. The molecule has 43 heavy (non-hydrogen) atoms. The molecule has 3 rings (SSSR count). The third-order valence-electron chi connectivity index (χ3n) is 7.27. The van der Waals surface area contributed by atoms with Gasteiger partial charge in [-0.1, -0.05) is 25.7 Å². The first-order chi connectivity index (χ1) is 20.5. The lowest BCUT2D eigenvalue weighted by atomic mass is 9.84. The molecular weight excluding hydrogens is 559 g/mol. The summed E-state index contributed by atoms with van der Waals surface area (Å²) in [5.74, 6) is 0.624. The fraction of sp³-hybridized carbons (Fsp3) is 0.387. The van der Waals surface area contributed by atoms with E-state index in [1.807, 2.05) is 37.4 Å². The molecule has 1 aliphatic heterocycles. The first kappa shape index (κ1) is 33.3. The van der Waals surface area contributed by atoms with E-state index in [1.165, 1.54) is 12.1 Å². The van der Waals surface area contributed by atoms with Gasteiger partial charge in [-0.3, -0.25) is 4.79 Å². The SMILES string of the molecule is C=C(Nc1ccc(N)c(C(F)(F)F)c1)C(C)(CO)CCNCC(=O)N1CCN(/C=C/C=C(\C=C/C)c2ncccn2)CC1. The van der Waals surface area contributed by atoms with Gasteiger partial charge < -0.3 is 31.3 Å². The number of anilines is 2. The van der Waals surface area contributed by atoms with E-state index >= 15 is 0 Å². The minimum atomic E-state index is -4.59. The average molecular weight is 600 g/mol. The molecular formula is C31H40F3N7O2. The number of carbonyl (C=O) groups excluding carboxylic acids is 1. The number of allylic oxidation sites excluding steroid dienone is 5. The number of nitrogens with two attached hydrogens (primary N) is 1. The van der Waals surface area contributed by atoms with Gasteiger partial charge in [0.2, 0.25) is 5.91 Å². The normalized spacial score (nSPS) is 16.1. The molecule has 1 amide bonds. The zero-order valence-electron chi connectivity index (χ0n) is 24.6. The fourth-order valence-corrected chi connectivity index (χ4v) is 4.42. The van der Waals surface area contributed by atoms with Gasteiger partial charge in [0.15, 0.2) is 5.82 Å².